The van der Waals surface area contributed by atoms with Gasteiger partial charge in [-0.1, -0.05) is 57.9 Å². The highest BCUT2D eigenvalue weighted by Gasteiger charge is 2.26. The van der Waals surface area contributed by atoms with Crippen LogP contribution in [-0.2, 0) is 6.42 Å². The molecule has 2 heteroatoms. The number of nitrogens with one attached hydrogen (secondary N) is 1. The zero-order valence-corrected chi connectivity index (χ0v) is 13.2. The molecule has 1 aromatic carbocycles. The fourth-order valence-corrected chi connectivity index (χ4v) is 3.51. The second kappa shape index (κ2) is 7.24. The van der Waals surface area contributed by atoms with E-state index in [0.29, 0.717) is 17.9 Å². The standard InChI is InChI=1S/C18H30N2/c1-13(2)11-15-5-4-6-17(12-15)18(20-19)16-9-7-14(3)8-10-16/h4-6,12-14,16,18,20H,7-11,19H2,1-3H3. The first-order valence-corrected chi connectivity index (χ1v) is 8.15. The Morgan fingerprint density at radius 2 is 1.90 bits per heavy atom. The molecular weight excluding hydrogens is 244 g/mol. The van der Waals surface area contributed by atoms with E-state index in [1.165, 1.54) is 36.8 Å². The van der Waals surface area contributed by atoms with Crippen molar-refractivity contribution < 1.29 is 0 Å². The minimum atomic E-state index is 0.314. The van der Waals surface area contributed by atoms with Gasteiger partial charge in [0, 0.05) is 6.04 Å². The van der Waals surface area contributed by atoms with Gasteiger partial charge in [-0.2, -0.15) is 0 Å². The van der Waals surface area contributed by atoms with Crippen molar-refractivity contribution in [3.8, 4) is 0 Å². The summed E-state index contributed by atoms with van der Waals surface area (Å²) in [6, 6.07) is 9.31. The number of hydrogen-bond donors (Lipinski definition) is 2. The third kappa shape index (κ3) is 4.07. The van der Waals surface area contributed by atoms with E-state index in [2.05, 4.69) is 50.5 Å². The Labute approximate surface area is 124 Å². The number of hydrogen-bond acceptors (Lipinski definition) is 2. The lowest BCUT2D eigenvalue weighted by molar-refractivity contribution is 0.232. The average molecular weight is 274 g/mol. The normalized spacial score (nSPS) is 24.9. The van der Waals surface area contributed by atoms with Crippen LogP contribution in [0.4, 0.5) is 0 Å². The fraction of sp³-hybridized carbons (Fsp3) is 0.667. The van der Waals surface area contributed by atoms with Gasteiger partial charge in [-0.05, 0) is 48.1 Å². The number of benzene rings is 1. The molecule has 0 radical (unpaired) electrons. The van der Waals surface area contributed by atoms with Gasteiger partial charge in [-0.25, -0.2) is 0 Å². The van der Waals surface area contributed by atoms with Crippen molar-refractivity contribution in [3.63, 3.8) is 0 Å². The number of nitrogens with two attached hydrogens (primary N) is 1. The zero-order chi connectivity index (χ0) is 14.5. The van der Waals surface area contributed by atoms with Crippen LogP contribution in [0.2, 0.25) is 0 Å². The Balaban J connectivity index is 2.10. The second-order valence-electron chi connectivity index (χ2n) is 7.01. The Morgan fingerprint density at radius 1 is 1.20 bits per heavy atom. The molecule has 0 aromatic heterocycles. The molecule has 1 saturated carbocycles. The summed E-state index contributed by atoms with van der Waals surface area (Å²) >= 11 is 0. The third-order valence-electron chi connectivity index (χ3n) is 4.67. The number of rotatable bonds is 5. The first-order chi connectivity index (χ1) is 9.60. The predicted octanol–water partition coefficient (Wildman–Crippen LogP) is 4.22. The van der Waals surface area contributed by atoms with Crippen molar-refractivity contribution in [2.75, 3.05) is 0 Å². The van der Waals surface area contributed by atoms with Gasteiger partial charge in [0.05, 0.1) is 0 Å². The van der Waals surface area contributed by atoms with Crippen LogP contribution >= 0.6 is 0 Å². The molecular formula is C18H30N2. The molecule has 2 nitrogen and oxygen atoms in total. The van der Waals surface area contributed by atoms with Crippen LogP contribution in [0.5, 0.6) is 0 Å². The fourth-order valence-electron chi connectivity index (χ4n) is 3.51. The third-order valence-corrected chi connectivity index (χ3v) is 4.67. The van der Waals surface area contributed by atoms with E-state index in [9.17, 15) is 0 Å². The van der Waals surface area contributed by atoms with Crippen molar-refractivity contribution in [1.82, 2.24) is 5.43 Å². The molecule has 0 amide bonds. The van der Waals surface area contributed by atoms with Crippen LogP contribution in [0, 0.1) is 17.8 Å². The maximum absolute atomic E-state index is 5.87. The van der Waals surface area contributed by atoms with Crippen molar-refractivity contribution in [1.29, 1.82) is 0 Å². The summed E-state index contributed by atoms with van der Waals surface area (Å²) < 4.78 is 0. The van der Waals surface area contributed by atoms with E-state index in [1.54, 1.807) is 0 Å². The van der Waals surface area contributed by atoms with Crippen LogP contribution in [0.3, 0.4) is 0 Å². The summed E-state index contributed by atoms with van der Waals surface area (Å²) in [6.45, 7) is 6.91. The first-order valence-electron chi connectivity index (χ1n) is 8.15. The van der Waals surface area contributed by atoms with Gasteiger partial charge in [-0.3, -0.25) is 11.3 Å². The van der Waals surface area contributed by atoms with Crippen molar-refractivity contribution in [3.05, 3.63) is 35.4 Å². The molecule has 0 spiro atoms. The Bertz CT molecular complexity index is 406. The lowest BCUT2D eigenvalue weighted by Crippen LogP contribution is -2.35. The van der Waals surface area contributed by atoms with Gasteiger partial charge in [-0.15, -0.1) is 0 Å². The van der Waals surface area contributed by atoms with E-state index in [4.69, 9.17) is 5.84 Å². The van der Waals surface area contributed by atoms with E-state index in [0.717, 1.165) is 12.3 Å². The average Bonchev–Trinajstić information content (AvgIpc) is 2.41. The lowest BCUT2D eigenvalue weighted by atomic mass is 9.77. The molecule has 1 aromatic rings. The molecule has 1 fully saturated rings. The summed E-state index contributed by atoms with van der Waals surface area (Å²) in [7, 11) is 0. The van der Waals surface area contributed by atoms with E-state index >= 15 is 0 Å². The monoisotopic (exact) mass is 274 g/mol. The summed E-state index contributed by atoms with van der Waals surface area (Å²) in [6.07, 6.45) is 6.42. The molecule has 1 aliphatic carbocycles. The van der Waals surface area contributed by atoms with Crippen LogP contribution < -0.4 is 11.3 Å². The largest absolute Gasteiger partial charge is 0.271 e. The Morgan fingerprint density at radius 3 is 2.50 bits per heavy atom. The molecule has 0 bridgehead atoms. The topological polar surface area (TPSA) is 38.0 Å². The molecule has 2 rings (SSSR count). The van der Waals surface area contributed by atoms with Crippen molar-refractivity contribution >= 4 is 0 Å². The summed E-state index contributed by atoms with van der Waals surface area (Å²) in [5, 5.41) is 0. The predicted molar refractivity (Wildman–Crippen MR) is 86.2 cm³/mol. The molecule has 0 saturated heterocycles. The van der Waals surface area contributed by atoms with Crippen molar-refractivity contribution in [2.45, 2.75) is 58.9 Å². The SMILES string of the molecule is CC(C)Cc1cccc(C(NN)C2CCC(C)CC2)c1. The summed E-state index contributed by atoms with van der Waals surface area (Å²) in [4.78, 5) is 0. The molecule has 3 N–H and O–H groups in total. The van der Waals surface area contributed by atoms with E-state index in [1.807, 2.05) is 0 Å². The second-order valence-corrected chi connectivity index (χ2v) is 7.01. The van der Waals surface area contributed by atoms with Crippen LogP contribution in [0.25, 0.3) is 0 Å². The molecule has 0 heterocycles. The molecule has 20 heavy (non-hydrogen) atoms. The quantitative estimate of drug-likeness (QED) is 0.623. The first kappa shape index (κ1) is 15.5. The van der Waals surface area contributed by atoms with Gasteiger partial charge < -0.3 is 0 Å². The van der Waals surface area contributed by atoms with E-state index in [-0.39, 0.29) is 0 Å². The minimum Gasteiger partial charge on any atom is -0.271 e. The van der Waals surface area contributed by atoms with Gasteiger partial charge in [0.2, 0.25) is 0 Å². The highest BCUT2D eigenvalue weighted by atomic mass is 15.2. The maximum atomic E-state index is 5.87. The van der Waals surface area contributed by atoms with E-state index < -0.39 is 0 Å². The molecule has 1 unspecified atom stereocenters. The minimum absolute atomic E-state index is 0.314. The lowest BCUT2D eigenvalue weighted by Gasteiger charge is -2.32. The van der Waals surface area contributed by atoms with Crippen molar-refractivity contribution in [2.24, 2.45) is 23.6 Å². The Kier molecular flexibility index (Phi) is 5.62. The smallest absolute Gasteiger partial charge is 0.0488 e. The number of hydrazine groups is 1. The zero-order valence-electron chi connectivity index (χ0n) is 13.2. The maximum Gasteiger partial charge on any atom is 0.0488 e. The van der Waals surface area contributed by atoms with Gasteiger partial charge in [0.15, 0.2) is 0 Å². The van der Waals surface area contributed by atoms with Gasteiger partial charge >= 0.3 is 0 Å². The molecule has 0 aliphatic heterocycles. The Hall–Kier alpha value is -0.860. The summed E-state index contributed by atoms with van der Waals surface area (Å²) in [5.41, 5.74) is 5.88. The highest BCUT2D eigenvalue weighted by molar-refractivity contribution is 5.27. The van der Waals surface area contributed by atoms with Gasteiger partial charge in [0.1, 0.15) is 0 Å². The molecule has 1 aliphatic rings. The highest BCUT2D eigenvalue weighted by Crippen LogP contribution is 2.36. The van der Waals surface area contributed by atoms with Crippen LogP contribution in [0.1, 0.15) is 63.6 Å². The van der Waals surface area contributed by atoms with Gasteiger partial charge in [0.25, 0.3) is 0 Å². The van der Waals surface area contributed by atoms with Crippen LogP contribution in [-0.4, -0.2) is 0 Å². The molecule has 112 valence electrons. The summed E-state index contributed by atoms with van der Waals surface area (Å²) in [5.74, 6) is 8.14. The van der Waals surface area contributed by atoms with Crippen LogP contribution in [0.15, 0.2) is 24.3 Å². The molecule has 1 atom stereocenters.